The number of fused-ring (bicyclic) bond motifs is 6. The number of pyridine rings is 1. The number of aliphatic hydroxyl groups excluding tert-OH is 1. The Labute approximate surface area is 134 Å². The SMILES string of the molecule is OC1CCCc2c1ccc1nc3ccc4ccccc4c3cc21. The van der Waals surface area contributed by atoms with Crippen molar-refractivity contribution < 1.29 is 5.11 Å². The summed E-state index contributed by atoms with van der Waals surface area (Å²) in [5, 5.41) is 15.2. The van der Waals surface area contributed by atoms with Gasteiger partial charge in [-0.2, -0.15) is 0 Å². The molecule has 3 aromatic carbocycles. The van der Waals surface area contributed by atoms with Crippen LogP contribution in [0.2, 0.25) is 0 Å². The van der Waals surface area contributed by atoms with Gasteiger partial charge in [0.15, 0.2) is 0 Å². The average Bonchev–Trinajstić information content (AvgIpc) is 2.60. The molecule has 2 nitrogen and oxygen atoms in total. The van der Waals surface area contributed by atoms with Crippen molar-refractivity contribution in [3.63, 3.8) is 0 Å². The molecule has 1 unspecified atom stereocenters. The summed E-state index contributed by atoms with van der Waals surface area (Å²) in [6.45, 7) is 0. The van der Waals surface area contributed by atoms with E-state index in [1.165, 1.54) is 27.1 Å². The van der Waals surface area contributed by atoms with Crippen molar-refractivity contribution in [3.8, 4) is 0 Å². The molecule has 2 heteroatoms. The number of aliphatic hydroxyl groups is 1. The first kappa shape index (κ1) is 13.0. The summed E-state index contributed by atoms with van der Waals surface area (Å²) in [4.78, 5) is 4.88. The van der Waals surface area contributed by atoms with Gasteiger partial charge in [-0.1, -0.05) is 36.4 Å². The van der Waals surface area contributed by atoms with E-state index in [1.54, 1.807) is 0 Å². The zero-order valence-electron chi connectivity index (χ0n) is 12.8. The van der Waals surface area contributed by atoms with Crippen molar-refractivity contribution in [3.05, 3.63) is 65.7 Å². The van der Waals surface area contributed by atoms with Crippen LogP contribution in [0.5, 0.6) is 0 Å². The fourth-order valence-electron chi connectivity index (χ4n) is 3.95. The summed E-state index contributed by atoms with van der Waals surface area (Å²) in [6.07, 6.45) is 2.61. The summed E-state index contributed by atoms with van der Waals surface area (Å²) >= 11 is 0. The number of rotatable bonds is 0. The van der Waals surface area contributed by atoms with Crippen molar-refractivity contribution in [2.75, 3.05) is 0 Å². The summed E-state index contributed by atoms with van der Waals surface area (Å²) in [6, 6.07) is 19.1. The molecule has 0 bridgehead atoms. The Balaban J connectivity index is 1.93. The van der Waals surface area contributed by atoms with E-state index in [0.717, 1.165) is 35.9 Å². The molecule has 4 aromatic rings. The first-order valence-corrected chi connectivity index (χ1v) is 8.23. The number of aromatic nitrogens is 1. The van der Waals surface area contributed by atoms with Gasteiger partial charge in [-0.25, -0.2) is 4.98 Å². The third-order valence-electron chi connectivity index (χ3n) is 5.11. The minimum Gasteiger partial charge on any atom is -0.388 e. The molecule has 0 saturated heterocycles. The maximum atomic E-state index is 10.3. The highest BCUT2D eigenvalue weighted by Crippen LogP contribution is 2.36. The lowest BCUT2D eigenvalue weighted by Crippen LogP contribution is -2.09. The Morgan fingerprint density at radius 3 is 2.65 bits per heavy atom. The first-order chi connectivity index (χ1) is 11.3. The van der Waals surface area contributed by atoms with Gasteiger partial charge in [0.1, 0.15) is 0 Å². The minimum absolute atomic E-state index is 0.327. The van der Waals surface area contributed by atoms with Gasteiger partial charge in [-0.3, -0.25) is 0 Å². The number of benzene rings is 3. The number of hydrogen-bond acceptors (Lipinski definition) is 2. The molecule has 1 N–H and O–H groups in total. The summed E-state index contributed by atoms with van der Waals surface area (Å²) in [5.41, 5.74) is 4.43. The van der Waals surface area contributed by atoms with Crippen LogP contribution in [-0.2, 0) is 6.42 Å². The Morgan fingerprint density at radius 1 is 0.870 bits per heavy atom. The summed E-state index contributed by atoms with van der Waals surface area (Å²) in [7, 11) is 0. The van der Waals surface area contributed by atoms with Crippen molar-refractivity contribution >= 4 is 32.6 Å². The zero-order valence-corrected chi connectivity index (χ0v) is 12.8. The van der Waals surface area contributed by atoms with Gasteiger partial charge in [0.05, 0.1) is 17.1 Å². The molecule has 0 aliphatic heterocycles. The quantitative estimate of drug-likeness (QED) is 0.369. The highest BCUT2D eigenvalue weighted by molar-refractivity contribution is 6.10. The molecule has 1 aliphatic carbocycles. The van der Waals surface area contributed by atoms with Crippen LogP contribution in [0, 0.1) is 0 Å². The monoisotopic (exact) mass is 299 g/mol. The van der Waals surface area contributed by atoms with Crippen LogP contribution in [0.25, 0.3) is 32.6 Å². The van der Waals surface area contributed by atoms with Gasteiger partial charge < -0.3 is 5.11 Å². The van der Waals surface area contributed by atoms with E-state index in [0.29, 0.717) is 0 Å². The zero-order chi connectivity index (χ0) is 15.4. The van der Waals surface area contributed by atoms with Crippen LogP contribution in [0.1, 0.15) is 30.1 Å². The second-order valence-corrected chi connectivity index (χ2v) is 6.45. The molecule has 1 heterocycles. The maximum Gasteiger partial charge on any atom is 0.0793 e. The molecule has 1 aliphatic rings. The largest absolute Gasteiger partial charge is 0.388 e. The first-order valence-electron chi connectivity index (χ1n) is 8.23. The Hall–Kier alpha value is -2.45. The van der Waals surface area contributed by atoms with Gasteiger partial charge in [0.2, 0.25) is 0 Å². The number of hydrogen-bond donors (Lipinski definition) is 1. The third-order valence-corrected chi connectivity index (χ3v) is 5.11. The molecule has 0 fully saturated rings. The molecule has 23 heavy (non-hydrogen) atoms. The molecule has 0 spiro atoms. The second-order valence-electron chi connectivity index (χ2n) is 6.45. The van der Waals surface area contributed by atoms with Gasteiger partial charge in [-0.15, -0.1) is 0 Å². The van der Waals surface area contributed by atoms with Crippen molar-refractivity contribution in [1.82, 2.24) is 4.98 Å². The van der Waals surface area contributed by atoms with Crippen LogP contribution in [-0.4, -0.2) is 10.1 Å². The van der Waals surface area contributed by atoms with Gasteiger partial charge >= 0.3 is 0 Å². The smallest absolute Gasteiger partial charge is 0.0793 e. The summed E-state index contributed by atoms with van der Waals surface area (Å²) < 4.78 is 0. The highest BCUT2D eigenvalue weighted by atomic mass is 16.3. The van der Waals surface area contributed by atoms with Crippen LogP contribution < -0.4 is 0 Å². The van der Waals surface area contributed by atoms with Crippen LogP contribution in [0.3, 0.4) is 0 Å². The molecule has 112 valence electrons. The predicted molar refractivity (Wildman–Crippen MR) is 94.7 cm³/mol. The average molecular weight is 299 g/mol. The van der Waals surface area contributed by atoms with Crippen LogP contribution in [0.4, 0.5) is 0 Å². The van der Waals surface area contributed by atoms with E-state index in [-0.39, 0.29) is 6.10 Å². The molecular weight excluding hydrogens is 282 g/mol. The van der Waals surface area contributed by atoms with E-state index >= 15 is 0 Å². The second kappa shape index (κ2) is 4.77. The van der Waals surface area contributed by atoms with Crippen LogP contribution >= 0.6 is 0 Å². The normalized spacial score (nSPS) is 17.7. The maximum absolute atomic E-state index is 10.3. The predicted octanol–water partition coefficient (Wildman–Crippen LogP) is 4.91. The number of aryl methyl sites for hydroxylation is 1. The molecule has 0 saturated carbocycles. The van der Waals surface area contributed by atoms with Crippen molar-refractivity contribution in [1.29, 1.82) is 0 Å². The third kappa shape index (κ3) is 1.88. The fraction of sp³-hybridized carbons (Fsp3) is 0.190. The lowest BCUT2D eigenvalue weighted by atomic mass is 9.86. The van der Waals surface area contributed by atoms with E-state index in [2.05, 4.69) is 54.6 Å². The summed E-state index contributed by atoms with van der Waals surface area (Å²) in [5.74, 6) is 0. The molecule has 1 atom stereocenters. The highest BCUT2D eigenvalue weighted by Gasteiger charge is 2.20. The lowest BCUT2D eigenvalue weighted by molar-refractivity contribution is 0.157. The Kier molecular flexibility index (Phi) is 2.70. The molecule has 5 rings (SSSR count). The van der Waals surface area contributed by atoms with Gasteiger partial charge in [0.25, 0.3) is 0 Å². The lowest BCUT2D eigenvalue weighted by Gasteiger charge is -2.22. The molecule has 0 radical (unpaired) electrons. The Bertz CT molecular complexity index is 1070. The van der Waals surface area contributed by atoms with Gasteiger partial charge in [0, 0.05) is 10.8 Å². The topological polar surface area (TPSA) is 33.1 Å². The van der Waals surface area contributed by atoms with Crippen LogP contribution in [0.15, 0.2) is 54.6 Å². The van der Waals surface area contributed by atoms with Gasteiger partial charge in [-0.05, 0) is 59.4 Å². The van der Waals surface area contributed by atoms with Crippen molar-refractivity contribution in [2.45, 2.75) is 25.4 Å². The minimum atomic E-state index is -0.327. The van der Waals surface area contributed by atoms with E-state index < -0.39 is 0 Å². The van der Waals surface area contributed by atoms with E-state index in [1.807, 2.05) is 0 Å². The Morgan fingerprint density at radius 2 is 1.70 bits per heavy atom. The molecular formula is C21H17NO. The standard InChI is InChI=1S/C21H17NO/c23-21-7-3-6-15-16(21)9-11-20-18(15)12-17-14-5-2-1-4-13(14)8-10-19(17)22-20/h1-2,4-5,8-12,21,23H,3,6-7H2. The molecule has 1 aromatic heterocycles. The molecule has 0 amide bonds. The van der Waals surface area contributed by atoms with E-state index in [9.17, 15) is 5.11 Å². The fourth-order valence-corrected chi connectivity index (χ4v) is 3.95. The van der Waals surface area contributed by atoms with E-state index in [4.69, 9.17) is 4.98 Å². The number of nitrogens with zero attached hydrogens (tertiary/aromatic N) is 1. The van der Waals surface area contributed by atoms with Crippen molar-refractivity contribution in [2.24, 2.45) is 0 Å².